The molecule has 3 amide bonds. The number of aromatic nitrogens is 1. The minimum Gasteiger partial charge on any atom is -0.475 e. The highest BCUT2D eigenvalue weighted by atomic mass is 35.5. The lowest BCUT2D eigenvalue weighted by Crippen LogP contribution is -2.53. The number of alkyl halides is 9. The Morgan fingerprint density at radius 1 is 0.889 bits per heavy atom. The van der Waals surface area contributed by atoms with Crippen LogP contribution in [0, 0.1) is 5.92 Å². The second-order valence-corrected chi connectivity index (χ2v) is 13.2. The summed E-state index contributed by atoms with van der Waals surface area (Å²) in [6.07, 6.45) is -13.6. The van der Waals surface area contributed by atoms with Gasteiger partial charge in [-0.25, -0.2) is 4.79 Å². The van der Waals surface area contributed by atoms with Crippen molar-refractivity contribution in [3.63, 3.8) is 0 Å². The lowest BCUT2D eigenvalue weighted by atomic mass is 9.84. The van der Waals surface area contributed by atoms with E-state index in [0.29, 0.717) is 23.4 Å². The standard InChI is InChI=1S/C32H28Cl2F6N4O3.C2HF3O2/c1-42(29(46)19-10-21(31(35,36)37)14-22(11-19)32(38,39)40)27-7-9-43(17-24(27)18-5-6-25(33)26(34)12-18)30(47)20-13-28(45)44(15-20)16-23-4-2-3-8-41-23;3-2(4,5)1(6)7/h2-6,8,10-12,14,20,24,27H,7,9,13,15-17H2,1H3;(H,6,7)/t20?,24-,27+;/m0./s1. The number of benzene rings is 2. The predicted molar refractivity (Wildman–Crippen MR) is 174 cm³/mol. The van der Waals surface area contributed by atoms with Crippen molar-refractivity contribution in [1.29, 1.82) is 0 Å². The molecule has 5 rings (SSSR count). The van der Waals surface area contributed by atoms with Crippen molar-refractivity contribution >= 4 is 46.9 Å². The maximum atomic E-state index is 13.7. The molecule has 2 aromatic carbocycles. The Kier molecular flexibility index (Phi) is 12.8. The summed E-state index contributed by atoms with van der Waals surface area (Å²) in [5, 5.41) is 7.54. The lowest BCUT2D eigenvalue weighted by molar-refractivity contribution is -0.192. The second-order valence-electron chi connectivity index (χ2n) is 12.4. The normalized spacial score (nSPS) is 19.3. The van der Waals surface area contributed by atoms with Crippen LogP contribution in [-0.4, -0.2) is 87.4 Å². The molecule has 3 aromatic rings. The number of hydrogen-bond acceptors (Lipinski definition) is 5. The van der Waals surface area contributed by atoms with E-state index >= 15 is 0 Å². The average Bonchev–Trinajstić information content (AvgIpc) is 3.46. The van der Waals surface area contributed by atoms with Crippen LogP contribution in [0.3, 0.4) is 0 Å². The summed E-state index contributed by atoms with van der Waals surface area (Å²) >= 11 is 12.4. The summed E-state index contributed by atoms with van der Waals surface area (Å²) in [5.41, 5.74) is -2.76. The lowest BCUT2D eigenvalue weighted by Gasteiger charge is -2.43. The molecular weight excluding hydrogens is 786 g/mol. The van der Waals surface area contributed by atoms with Crippen LogP contribution in [0.1, 0.15) is 51.5 Å². The van der Waals surface area contributed by atoms with Crippen molar-refractivity contribution in [2.75, 3.05) is 26.7 Å². The van der Waals surface area contributed by atoms with Gasteiger partial charge in [0.15, 0.2) is 0 Å². The number of carboxylic acids is 1. The highest BCUT2D eigenvalue weighted by molar-refractivity contribution is 6.42. The highest BCUT2D eigenvalue weighted by Crippen LogP contribution is 2.39. The van der Waals surface area contributed by atoms with E-state index in [-0.39, 0.29) is 66.9 Å². The highest BCUT2D eigenvalue weighted by Gasteiger charge is 2.43. The number of rotatable bonds is 6. The Balaban J connectivity index is 0.000000845. The molecule has 3 atom stereocenters. The van der Waals surface area contributed by atoms with Crippen LogP contribution < -0.4 is 0 Å². The molecule has 2 aliphatic rings. The summed E-state index contributed by atoms with van der Waals surface area (Å²) < 4.78 is 113. The van der Waals surface area contributed by atoms with Gasteiger partial charge in [0.05, 0.1) is 39.3 Å². The van der Waals surface area contributed by atoms with Gasteiger partial charge in [-0.05, 0) is 54.4 Å². The van der Waals surface area contributed by atoms with E-state index in [9.17, 15) is 53.9 Å². The zero-order chi connectivity index (χ0) is 40.3. The van der Waals surface area contributed by atoms with Gasteiger partial charge in [-0.1, -0.05) is 35.3 Å². The van der Waals surface area contributed by atoms with E-state index in [2.05, 4.69) is 4.98 Å². The van der Waals surface area contributed by atoms with Crippen molar-refractivity contribution in [3.05, 3.63) is 98.8 Å². The zero-order valence-electron chi connectivity index (χ0n) is 27.8. The first-order valence-electron chi connectivity index (χ1n) is 15.8. The number of pyridine rings is 1. The number of piperidine rings is 1. The first kappa shape index (κ1) is 42.2. The Morgan fingerprint density at radius 2 is 1.50 bits per heavy atom. The molecule has 2 saturated heterocycles. The molecule has 3 heterocycles. The summed E-state index contributed by atoms with van der Waals surface area (Å²) in [7, 11) is 1.30. The van der Waals surface area contributed by atoms with Gasteiger partial charge in [-0.2, -0.15) is 39.5 Å². The Labute approximate surface area is 311 Å². The fraction of sp³-hybridized carbons (Fsp3) is 0.382. The summed E-state index contributed by atoms with van der Waals surface area (Å²) in [6, 6.07) is 10.0. The molecule has 9 nitrogen and oxygen atoms in total. The first-order valence-corrected chi connectivity index (χ1v) is 16.5. The monoisotopic (exact) mass is 814 g/mol. The van der Waals surface area contributed by atoms with Gasteiger partial charge < -0.3 is 19.8 Å². The van der Waals surface area contributed by atoms with Crippen molar-refractivity contribution < 1.29 is 63.8 Å². The largest absolute Gasteiger partial charge is 0.490 e. The van der Waals surface area contributed by atoms with Crippen LogP contribution in [0.4, 0.5) is 39.5 Å². The maximum Gasteiger partial charge on any atom is 0.490 e. The number of halogens is 11. The van der Waals surface area contributed by atoms with Gasteiger partial charge in [-0.15, -0.1) is 0 Å². The minimum atomic E-state index is -5.13. The topological polar surface area (TPSA) is 111 Å². The third-order valence-electron chi connectivity index (χ3n) is 8.80. The maximum absolute atomic E-state index is 13.7. The zero-order valence-corrected chi connectivity index (χ0v) is 29.3. The Bertz CT molecular complexity index is 1840. The Hall–Kier alpha value is -4.58. The smallest absolute Gasteiger partial charge is 0.475 e. The molecule has 2 fully saturated rings. The number of hydrogen-bond donors (Lipinski definition) is 1. The predicted octanol–water partition coefficient (Wildman–Crippen LogP) is 7.56. The van der Waals surface area contributed by atoms with Crippen LogP contribution in [0.15, 0.2) is 60.8 Å². The SMILES string of the molecule is CN(C(=O)c1cc(C(F)(F)F)cc(C(F)(F)F)c1)[C@@H]1CCN(C(=O)C2CC(=O)N(Cc3ccccn3)C2)C[C@H]1c1ccc(Cl)c(Cl)c1.O=C(O)C(F)(F)F. The number of aliphatic carboxylic acids is 1. The number of likely N-dealkylation sites (N-methyl/N-ethyl adjacent to an activating group) is 1. The van der Waals surface area contributed by atoms with Gasteiger partial charge in [0.2, 0.25) is 11.8 Å². The van der Waals surface area contributed by atoms with Gasteiger partial charge in [0.1, 0.15) is 0 Å². The van der Waals surface area contributed by atoms with E-state index in [0.717, 1.165) is 4.90 Å². The summed E-state index contributed by atoms with van der Waals surface area (Å²) in [5.74, 6) is -5.58. The number of carboxylic acid groups (broad SMARTS) is 1. The number of nitrogens with zero attached hydrogens (tertiary/aromatic N) is 4. The van der Waals surface area contributed by atoms with Crippen molar-refractivity contribution in [3.8, 4) is 0 Å². The fourth-order valence-electron chi connectivity index (χ4n) is 6.14. The quantitative estimate of drug-likeness (QED) is 0.257. The molecule has 1 aromatic heterocycles. The molecule has 2 aliphatic heterocycles. The molecule has 0 aliphatic carbocycles. The molecular formula is C34H29Cl2F9N4O5. The Morgan fingerprint density at radius 3 is 2.02 bits per heavy atom. The number of carbonyl (C=O) groups is 4. The van der Waals surface area contributed by atoms with Crippen LogP contribution in [0.2, 0.25) is 10.0 Å². The minimum absolute atomic E-state index is 0.00148. The third kappa shape index (κ3) is 10.3. The van der Waals surface area contributed by atoms with E-state index in [1.807, 2.05) is 0 Å². The van der Waals surface area contributed by atoms with Gasteiger partial charge in [-0.3, -0.25) is 19.4 Å². The molecule has 0 spiro atoms. The van der Waals surface area contributed by atoms with Crippen LogP contribution in [-0.2, 0) is 33.3 Å². The van der Waals surface area contributed by atoms with Crippen LogP contribution in [0.25, 0.3) is 0 Å². The summed E-state index contributed by atoms with van der Waals surface area (Å²) in [4.78, 5) is 57.4. The van der Waals surface area contributed by atoms with E-state index in [4.69, 9.17) is 33.1 Å². The summed E-state index contributed by atoms with van der Waals surface area (Å²) in [6.45, 7) is 0.595. The van der Waals surface area contributed by atoms with Crippen molar-refractivity contribution in [2.45, 2.75) is 49.9 Å². The van der Waals surface area contributed by atoms with Gasteiger partial charge in [0, 0.05) is 56.8 Å². The number of likely N-dealkylation sites (tertiary alicyclic amines) is 2. The average molecular weight is 816 g/mol. The number of amides is 3. The molecule has 1 N–H and O–H groups in total. The van der Waals surface area contributed by atoms with E-state index < -0.39 is 65.0 Å². The molecule has 0 saturated carbocycles. The van der Waals surface area contributed by atoms with E-state index in [1.165, 1.54) is 13.1 Å². The van der Waals surface area contributed by atoms with Crippen molar-refractivity contribution in [2.24, 2.45) is 5.92 Å². The molecule has 20 heteroatoms. The van der Waals surface area contributed by atoms with Gasteiger partial charge >= 0.3 is 24.5 Å². The number of carbonyl (C=O) groups excluding carboxylic acids is 3. The first-order chi connectivity index (χ1) is 25.0. The molecule has 0 bridgehead atoms. The van der Waals surface area contributed by atoms with E-state index in [1.54, 1.807) is 46.3 Å². The molecule has 54 heavy (non-hydrogen) atoms. The molecule has 0 radical (unpaired) electrons. The fourth-order valence-corrected chi connectivity index (χ4v) is 6.45. The second kappa shape index (κ2) is 16.4. The van der Waals surface area contributed by atoms with Crippen LogP contribution in [0.5, 0.6) is 0 Å². The molecule has 292 valence electrons. The third-order valence-corrected chi connectivity index (χ3v) is 9.54. The molecule has 1 unspecified atom stereocenters. The van der Waals surface area contributed by atoms with Crippen LogP contribution >= 0.6 is 23.2 Å². The van der Waals surface area contributed by atoms with Gasteiger partial charge in [0.25, 0.3) is 5.91 Å². The van der Waals surface area contributed by atoms with Crippen molar-refractivity contribution in [1.82, 2.24) is 19.7 Å².